The van der Waals surface area contributed by atoms with Crippen LogP contribution in [-0.4, -0.2) is 0 Å². The van der Waals surface area contributed by atoms with Crippen LogP contribution in [0.1, 0.15) is 43.4 Å². The van der Waals surface area contributed by atoms with Gasteiger partial charge in [-0.2, -0.15) is 13.2 Å². The van der Waals surface area contributed by atoms with Crippen LogP contribution >= 0.6 is 0 Å². The van der Waals surface area contributed by atoms with E-state index in [-0.39, 0.29) is 5.41 Å². The summed E-state index contributed by atoms with van der Waals surface area (Å²) in [5, 5.41) is 0. The summed E-state index contributed by atoms with van der Waals surface area (Å²) in [5.74, 6) is 0. The summed E-state index contributed by atoms with van der Waals surface area (Å²) in [6.45, 7) is 9.45. The molecule has 18 heavy (non-hydrogen) atoms. The molecule has 0 saturated carbocycles. The van der Waals surface area contributed by atoms with E-state index >= 15 is 0 Å². The first-order valence-electron chi connectivity index (χ1n) is 5.98. The molecule has 3 heteroatoms. The second-order valence-corrected chi connectivity index (χ2v) is 5.24. The third kappa shape index (κ3) is 3.37. The fourth-order valence-electron chi connectivity index (χ4n) is 2.13. The second kappa shape index (κ2) is 5.17. The number of aryl methyl sites for hydroxylation is 1. The van der Waals surface area contributed by atoms with Crippen LogP contribution in [0.3, 0.4) is 0 Å². The minimum atomic E-state index is -4.28. The molecule has 0 unspecified atom stereocenters. The van der Waals surface area contributed by atoms with E-state index in [0.717, 1.165) is 30.0 Å². The molecule has 0 aliphatic carbocycles. The second-order valence-electron chi connectivity index (χ2n) is 5.24. The largest absolute Gasteiger partial charge is 0.416 e. The monoisotopic (exact) mass is 256 g/mol. The summed E-state index contributed by atoms with van der Waals surface area (Å²) < 4.78 is 38.2. The molecule has 0 fully saturated rings. The normalized spacial score (nSPS) is 12.6. The van der Waals surface area contributed by atoms with E-state index in [9.17, 15) is 13.2 Å². The van der Waals surface area contributed by atoms with Gasteiger partial charge in [0, 0.05) is 0 Å². The highest BCUT2D eigenvalue weighted by molar-refractivity contribution is 5.37. The molecule has 0 heterocycles. The fourth-order valence-corrected chi connectivity index (χ4v) is 2.13. The highest BCUT2D eigenvalue weighted by Gasteiger charge is 2.32. The zero-order valence-electron chi connectivity index (χ0n) is 11.1. The maximum Gasteiger partial charge on any atom is 0.416 e. The van der Waals surface area contributed by atoms with E-state index in [1.54, 1.807) is 12.1 Å². The van der Waals surface area contributed by atoms with Crippen molar-refractivity contribution in [3.05, 3.63) is 47.5 Å². The molecule has 0 radical (unpaired) electrons. The van der Waals surface area contributed by atoms with Crippen LogP contribution in [0.25, 0.3) is 0 Å². The highest BCUT2D eigenvalue weighted by Crippen LogP contribution is 2.36. The Hall–Kier alpha value is -1.25. The van der Waals surface area contributed by atoms with Crippen molar-refractivity contribution in [3.63, 3.8) is 0 Å². The van der Waals surface area contributed by atoms with Crippen LogP contribution in [0.15, 0.2) is 30.9 Å². The number of hydrogen-bond donors (Lipinski definition) is 0. The molecule has 0 saturated heterocycles. The van der Waals surface area contributed by atoms with E-state index < -0.39 is 11.7 Å². The lowest BCUT2D eigenvalue weighted by Gasteiger charge is -2.27. The Morgan fingerprint density at radius 3 is 2.33 bits per heavy atom. The molecule has 0 amide bonds. The van der Waals surface area contributed by atoms with Gasteiger partial charge in [-0.1, -0.05) is 26.0 Å². The van der Waals surface area contributed by atoms with Crippen LogP contribution in [0.5, 0.6) is 0 Å². The Labute approximate surface area is 107 Å². The molecule has 0 N–H and O–H groups in total. The van der Waals surface area contributed by atoms with Gasteiger partial charge in [0.25, 0.3) is 0 Å². The average Bonchev–Trinajstić information content (AvgIpc) is 2.25. The first-order chi connectivity index (χ1) is 8.18. The topological polar surface area (TPSA) is 0 Å². The molecule has 0 aliphatic heterocycles. The van der Waals surface area contributed by atoms with E-state index in [0.29, 0.717) is 0 Å². The van der Waals surface area contributed by atoms with Gasteiger partial charge >= 0.3 is 6.18 Å². The number of alkyl halides is 3. The molecule has 0 aliphatic rings. The summed E-state index contributed by atoms with van der Waals surface area (Å²) >= 11 is 0. The molecule has 0 nitrogen and oxygen atoms in total. The van der Waals surface area contributed by atoms with Crippen molar-refractivity contribution < 1.29 is 13.2 Å². The number of benzene rings is 1. The molecule has 100 valence electrons. The van der Waals surface area contributed by atoms with Gasteiger partial charge in [-0.05, 0) is 48.4 Å². The smallest absolute Gasteiger partial charge is 0.166 e. The minimum absolute atomic E-state index is 0.278. The van der Waals surface area contributed by atoms with Crippen molar-refractivity contribution in [1.29, 1.82) is 0 Å². The summed E-state index contributed by atoms with van der Waals surface area (Å²) in [6.07, 6.45) is -0.900. The van der Waals surface area contributed by atoms with Gasteiger partial charge in [-0.25, -0.2) is 0 Å². The quantitative estimate of drug-likeness (QED) is 0.645. The van der Waals surface area contributed by atoms with Crippen molar-refractivity contribution in [2.75, 3.05) is 0 Å². The van der Waals surface area contributed by atoms with Crippen LogP contribution in [-0.2, 0) is 11.6 Å². The zero-order valence-corrected chi connectivity index (χ0v) is 11.1. The highest BCUT2D eigenvalue weighted by atomic mass is 19.4. The average molecular weight is 256 g/mol. The Bertz CT molecular complexity index is 428. The van der Waals surface area contributed by atoms with Crippen LogP contribution < -0.4 is 0 Å². The van der Waals surface area contributed by atoms with Gasteiger partial charge in [0.15, 0.2) is 0 Å². The van der Waals surface area contributed by atoms with E-state index in [1.165, 1.54) is 6.07 Å². The van der Waals surface area contributed by atoms with Gasteiger partial charge in [-0.3, -0.25) is 0 Å². The molecule has 0 atom stereocenters. The number of halogens is 3. The van der Waals surface area contributed by atoms with Crippen molar-refractivity contribution in [3.8, 4) is 0 Å². The van der Waals surface area contributed by atoms with Crippen LogP contribution in [0, 0.1) is 6.92 Å². The van der Waals surface area contributed by atoms with Crippen molar-refractivity contribution in [2.45, 2.75) is 45.2 Å². The van der Waals surface area contributed by atoms with Crippen molar-refractivity contribution >= 4 is 0 Å². The molecular formula is C15H19F3. The summed E-state index contributed by atoms with van der Waals surface area (Å²) in [6, 6.07) is 3.97. The summed E-state index contributed by atoms with van der Waals surface area (Å²) in [7, 11) is 0. The Morgan fingerprint density at radius 2 is 1.83 bits per heavy atom. The fraction of sp³-hybridized carbons (Fsp3) is 0.467. The minimum Gasteiger partial charge on any atom is -0.166 e. The maximum absolute atomic E-state index is 12.7. The molecule has 0 spiro atoms. The predicted molar refractivity (Wildman–Crippen MR) is 68.6 cm³/mol. The lowest BCUT2D eigenvalue weighted by molar-refractivity contribution is -0.137. The Balaban J connectivity index is 3.18. The van der Waals surface area contributed by atoms with Crippen LogP contribution in [0.2, 0.25) is 0 Å². The van der Waals surface area contributed by atoms with Gasteiger partial charge < -0.3 is 0 Å². The summed E-state index contributed by atoms with van der Waals surface area (Å²) in [4.78, 5) is 0. The molecule has 0 bridgehead atoms. The van der Waals surface area contributed by atoms with Gasteiger partial charge in [-0.15, -0.1) is 6.58 Å². The Morgan fingerprint density at radius 1 is 1.22 bits per heavy atom. The Kier molecular flexibility index (Phi) is 4.25. The SMILES string of the molecule is C=CCCC(C)(C)c1cc(C(F)(F)F)ccc1C. The van der Waals surface area contributed by atoms with E-state index in [4.69, 9.17) is 0 Å². The predicted octanol–water partition coefficient (Wildman–Crippen LogP) is 5.26. The molecule has 1 aromatic rings. The van der Waals surface area contributed by atoms with Crippen molar-refractivity contribution in [2.24, 2.45) is 0 Å². The molecule has 1 rings (SSSR count). The van der Waals surface area contributed by atoms with Gasteiger partial charge in [0.2, 0.25) is 0 Å². The maximum atomic E-state index is 12.7. The standard InChI is InChI=1S/C15H19F3/c1-5-6-9-14(3,4)13-10-12(15(16,17)18)8-7-11(13)2/h5,7-8,10H,1,6,9H2,2-4H3. The lowest BCUT2D eigenvalue weighted by Crippen LogP contribution is -2.19. The van der Waals surface area contributed by atoms with Crippen LogP contribution in [0.4, 0.5) is 13.2 Å². The van der Waals surface area contributed by atoms with Crippen molar-refractivity contribution in [1.82, 2.24) is 0 Å². The molecule has 0 aromatic heterocycles. The van der Waals surface area contributed by atoms with Gasteiger partial charge in [0.1, 0.15) is 0 Å². The van der Waals surface area contributed by atoms with Gasteiger partial charge in [0.05, 0.1) is 5.56 Å². The first-order valence-corrected chi connectivity index (χ1v) is 5.98. The third-order valence-electron chi connectivity index (χ3n) is 3.27. The number of allylic oxidation sites excluding steroid dienone is 1. The van der Waals surface area contributed by atoms with E-state index in [1.807, 2.05) is 20.8 Å². The molecular weight excluding hydrogens is 237 g/mol. The van der Waals surface area contributed by atoms with E-state index in [2.05, 4.69) is 6.58 Å². The summed E-state index contributed by atoms with van der Waals surface area (Å²) in [5.41, 5.74) is 0.811. The lowest BCUT2D eigenvalue weighted by atomic mass is 9.78. The number of rotatable bonds is 4. The number of hydrogen-bond acceptors (Lipinski definition) is 0. The third-order valence-corrected chi connectivity index (χ3v) is 3.27. The molecule has 1 aromatic carbocycles. The zero-order chi connectivity index (χ0) is 14.0. The first kappa shape index (κ1) is 14.8.